The lowest BCUT2D eigenvalue weighted by molar-refractivity contribution is -0.127. The third-order valence-electron chi connectivity index (χ3n) is 3.37. The Labute approximate surface area is 149 Å². The van der Waals surface area contributed by atoms with E-state index in [0.29, 0.717) is 17.5 Å². The number of furan rings is 2. The number of rotatable bonds is 7. The van der Waals surface area contributed by atoms with Gasteiger partial charge in [0.15, 0.2) is 0 Å². The van der Waals surface area contributed by atoms with Gasteiger partial charge in [-0.2, -0.15) is 0 Å². The molecule has 0 saturated heterocycles. The number of aromatic amines is 1. The van der Waals surface area contributed by atoms with E-state index in [2.05, 4.69) is 15.2 Å². The summed E-state index contributed by atoms with van der Waals surface area (Å²) >= 11 is 1.28. The maximum absolute atomic E-state index is 12.1. The van der Waals surface area contributed by atoms with Gasteiger partial charge in [0.25, 0.3) is 0 Å². The van der Waals surface area contributed by atoms with E-state index in [9.17, 15) is 4.79 Å². The number of thioether (sulfide) groups is 1. The van der Waals surface area contributed by atoms with Gasteiger partial charge in [0.2, 0.25) is 11.1 Å². The average Bonchev–Trinajstić information content (AvgIpc) is 3.33. The summed E-state index contributed by atoms with van der Waals surface area (Å²) in [6, 6.07) is 7.41. The van der Waals surface area contributed by atoms with Crippen LogP contribution in [0.4, 0.5) is 0 Å². The minimum atomic E-state index is -0.0191. The normalized spacial score (nSPS) is 11.3. The molecular weight excluding hydrogens is 340 g/mol. The summed E-state index contributed by atoms with van der Waals surface area (Å²) in [5.74, 6) is 3.19. The van der Waals surface area contributed by atoms with Crippen LogP contribution in [-0.2, 0) is 11.3 Å². The van der Waals surface area contributed by atoms with Crippen molar-refractivity contribution in [2.75, 3.05) is 12.8 Å². The maximum Gasteiger partial charge on any atom is 0.233 e. The summed E-state index contributed by atoms with van der Waals surface area (Å²) in [5, 5.41) is 7.44. The van der Waals surface area contributed by atoms with E-state index in [0.717, 1.165) is 17.3 Å². The molecule has 3 aromatic heterocycles. The average molecular weight is 358 g/mol. The van der Waals surface area contributed by atoms with E-state index in [1.54, 1.807) is 30.4 Å². The number of hydrogen-bond acceptors (Lipinski definition) is 6. The molecule has 0 atom stereocenters. The van der Waals surface area contributed by atoms with Crippen LogP contribution in [-0.4, -0.2) is 38.8 Å². The molecular formula is C17H18N4O3S. The maximum atomic E-state index is 12.1. The standard InChI is InChI=1S/C17H18N4O3S/c1-12-5-6-13(24-12)7-8-15-18-17(20-19-15)25-11-16(22)21(2)10-14-4-3-9-23-14/h3-9H,10-11H2,1-2H3,(H,18,19,20). The zero-order valence-electron chi connectivity index (χ0n) is 13.9. The van der Waals surface area contributed by atoms with Crippen LogP contribution in [0.1, 0.15) is 23.1 Å². The van der Waals surface area contributed by atoms with Gasteiger partial charge in [0.1, 0.15) is 23.1 Å². The molecule has 0 saturated carbocycles. The topological polar surface area (TPSA) is 88.2 Å². The zero-order chi connectivity index (χ0) is 17.6. The van der Waals surface area contributed by atoms with E-state index >= 15 is 0 Å². The number of H-pyrrole nitrogens is 1. The lowest BCUT2D eigenvalue weighted by atomic mass is 10.4. The second-order valence-electron chi connectivity index (χ2n) is 5.40. The molecule has 0 bridgehead atoms. The Morgan fingerprint density at radius 2 is 2.24 bits per heavy atom. The van der Waals surface area contributed by atoms with Crippen LogP contribution in [0.5, 0.6) is 0 Å². The van der Waals surface area contributed by atoms with Crippen molar-refractivity contribution < 1.29 is 13.6 Å². The summed E-state index contributed by atoms with van der Waals surface area (Å²) in [5.41, 5.74) is 0. The fourth-order valence-corrected chi connectivity index (χ4v) is 2.81. The van der Waals surface area contributed by atoms with Crippen molar-refractivity contribution in [2.45, 2.75) is 18.6 Å². The summed E-state index contributed by atoms with van der Waals surface area (Å²) < 4.78 is 10.7. The number of nitrogens with one attached hydrogen (secondary N) is 1. The van der Waals surface area contributed by atoms with E-state index < -0.39 is 0 Å². The molecule has 0 aliphatic heterocycles. The molecule has 0 aliphatic rings. The lowest BCUT2D eigenvalue weighted by Crippen LogP contribution is -2.27. The van der Waals surface area contributed by atoms with Crippen molar-refractivity contribution in [1.29, 1.82) is 0 Å². The molecule has 3 rings (SSSR count). The summed E-state index contributed by atoms with van der Waals surface area (Å²) in [7, 11) is 1.74. The van der Waals surface area contributed by atoms with Gasteiger partial charge in [0.05, 0.1) is 18.6 Å². The molecule has 0 fully saturated rings. The van der Waals surface area contributed by atoms with Crippen LogP contribution in [0.2, 0.25) is 0 Å². The molecule has 3 aromatic rings. The monoisotopic (exact) mass is 358 g/mol. The number of amides is 1. The molecule has 0 radical (unpaired) electrons. The van der Waals surface area contributed by atoms with E-state index in [4.69, 9.17) is 8.83 Å². The van der Waals surface area contributed by atoms with Crippen molar-refractivity contribution in [2.24, 2.45) is 0 Å². The number of aromatic nitrogens is 3. The number of nitrogens with zero attached hydrogens (tertiary/aromatic N) is 3. The Balaban J connectivity index is 1.49. The molecule has 0 aromatic carbocycles. The predicted molar refractivity (Wildman–Crippen MR) is 94.7 cm³/mol. The van der Waals surface area contributed by atoms with E-state index in [-0.39, 0.29) is 11.7 Å². The Hall–Kier alpha value is -2.74. The molecule has 25 heavy (non-hydrogen) atoms. The van der Waals surface area contributed by atoms with Crippen LogP contribution in [0.25, 0.3) is 12.2 Å². The quantitative estimate of drug-likeness (QED) is 0.653. The van der Waals surface area contributed by atoms with Crippen molar-refractivity contribution in [3.8, 4) is 0 Å². The molecule has 7 nitrogen and oxygen atoms in total. The molecule has 0 spiro atoms. The van der Waals surface area contributed by atoms with Gasteiger partial charge < -0.3 is 13.7 Å². The van der Waals surface area contributed by atoms with Crippen molar-refractivity contribution in [3.63, 3.8) is 0 Å². The molecule has 3 heterocycles. The number of carbonyl (C=O) groups excluding carboxylic acids is 1. The highest BCUT2D eigenvalue weighted by molar-refractivity contribution is 7.99. The van der Waals surface area contributed by atoms with Gasteiger partial charge in [-0.1, -0.05) is 11.8 Å². The highest BCUT2D eigenvalue weighted by Gasteiger charge is 2.12. The van der Waals surface area contributed by atoms with Gasteiger partial charge in [-0.15, -0.1) is 5.10 Å². The second-order valence-corrected chi connectivity index (χ2v) is 6.35. The number of carbonyl (C=O) groups is 1. The first kappa shape index (κ1) is 17.1. The van der Waals surface area contributed by atoms with Gasteiger partial charge >= 0.3 is 0 Å². The van der Waals surface area contributed by atoms with Crippen molar-refractivity contribution in [3.05, 3.63) is 53.6 Å². The highest BCUT2D eigenvalue weighted by Crippen LogP contribution is 2.15. The molecule has 1 N–H and O–H groups in total. The van der Waals surface area contributed by atoms with Gasteiger partial charge in [-0.25, -0.2) is 4.98 Å². The largest absolute Gasteiger partial charge is 0.467 e. The van der Waals surface area contributed by atoms with Crippen LogP contribution in [0.3, 0.4) is 0 Å². The Morgan fingerprint density at radius 3 is 2.96 bits per heavy atom. The fraction of sp³-hybridized carbons (Fsp3) is 0.235. The van der Waals surface area contributed by atoms with E-state index in [1.165, 1.54) is 11.8 Å². The second kappa shape index (κ2) is 7.89. The van der Waals surface area contributed by atoms with Gasteiger partial charge in [0, 0.05) is 7.05 Å². The Kier molecular flexibility index (Phi) is 5.39. The molecule has 0 aliphatic carbocycles. The summed E-state index contributed by atoms with van der Waals surface area (Å²) in [6.07, 6.45) is 5.18. The lowest BCUT2D eigenvalue weighted by Gasteiger charge is -2.14. The van der Waals surface area contributed by atoms with Crippen LogP contribution >= 0.6 is 11.8 Å². The molecule has 1 amide bonds. The van der Waals surface area contributed by atoms with Gasteiger partial charge in [-0.3, -0.25) is 9.89 Å². The molecule has 8 heteroatoms. The SMILES string of the molecule is Cc1ccc(C=Cc2nc(SCC(=O)N(C)Cc3ccco3)n[nH]2)o1. The van der Waals surface area contributed by atoms with E-state index in [1.807, 2.05) is 31.2 Å². The minimum Gasteiger partial charge on any atom is -0.467 e. The van der Waals surface area contributed by atoms with Crippen molar-refractivity contribution in [1.82, 2.24) is 20.1 Å². The summed E-state index contributed by atoms with van der Waals surface area (Å²) in [4.78, 5) is 18.1. The van der Waals surface area contributed by atoms with Crippen LogP contribution in [0.15, 0.2) is 44.5 Å². The van der Waals surface area contributed by atoms with Crippen molar-refractivity contribution >= 4 is 29.8 Å². The summed E-state index contributed by atoms with van der Waals surface area (Å²) in [6.45, 7) is 2.33. The Bertz CT molecular complexity index is 851. The molecule has 0 unspecified atom stereocenters. The first-order chi connectivity index (χ1) is 12.1. The van der Waals surface area contributed by atoms with Crippen LogP contribution < -0.4 is 0 Å². The number of hydrogen-bond donors (Lipinski definition) is 1. The molecule has 130 valence electrons. The predicted octanol–water partition coefficient (Wildman–Crippen LogP) is 3.22. The first-order valence-corrected chi connectivity index (χ1v) is 8.65. The minimum absolute atomic E-state index is 0.0191. The third kappa shape index (κ3) is 4.87. The van der Waals surface area contributed by atoms with Crippen LogP contribution in [0, 0.1) is 6.92 Å². The number of aryl methyl sites for hydroxylation is 1. The van der Waals surface area contributed by atoms with Gasteiger partial charge in [-0.05, 0) is 43.3 Å². The fourth-order valence-electron chi connectivity index (χ4n) is 2.06. The smallest absolute Gasteiger partial charge is 0.233 e. The first-order valence-electron chi connectivity index (χ1n) is 7.66. The zero-order valence-corrected chi connectivity index (χ0v) is 14.7. The highest BCUT2D eigenvalue weighted by atomic mass is 32.2. The third-order valence-corrected chi connectivity index (χ3v) is 4.20. The Morgan fingerprint density at radius 1 is 1.36 bits per heavy atom.